The highest BCUT2D eigenvalue weighted by atomic mass is 19.1. The molecule has 0 spiro atoms. The van der Waals surface area contributed by atoms with Crippen LogP contribution in [0.5, 0.6) is 0 Å². The van der Waals surface area contributed by atoms with E-state index in [9.17, 15) is 4.39 Å². The lowest BCUT2D eigenvalue weighted by Crippen LogP contribution is -1.85. The molecule has 0 saturated heterocycles. The molecule has 0 atom stereocenters. The molecule has 4 aromatic carbocycles. The van der Waals surface area contributed by atoms with E-state index in [0.717, 1.165) is 27.3 Å². The first-order chi connectivity index (χ1) is 10.3. The van der Waals surface area contributed by atoms with E-state index in [0.29, 0.717) is 0 Å². The van der Waals surface area contributed by atoms with E-state index in [1.807, 2.05) is 42.5 Å². The van der Waals surface area contributed by atoms with Crippen molar-refractivity contribution in [1.29, 1.82) is 0 Å². The fourth-order valence-corrected chi connectivity index (χ4v) is 2.77. The van der Waals surface area contributed by atoms with Gasteiger partial charge in [0, 0.05) is 0 Å². The van der Waals surface area contributed by atoms with Crippen molar-refractivity contribution in [2.45, 2.75) is 0 Å². The molecule has 98 valence electrons. The number of hydrogen-bond acceptors (Lipinski definition) is 0. The lowest BCUT2D eigenvalue weighted by Gasteiger charge is -2.09. The molecule has 4 aromatic rings. The second-order valence-electron chi connectivity index (χ2n) is 5.02. The van der Waals surface area contributed by atoms with Crippen LogP contribution in [0.4, 0.5) is 4.39 Å². The maximum Gasteiger partial charge on any atom is 0.123 e. The smallest absolute Gasteiger partial charge is 0.123 e. The molecule has 21 heavy (non-hydrogen) atoms. The number of fused-ring (bicyclic) bond motifs is 2. The molecule has 2 radical (unpaired) electrons. The van der Waals surface area contributed by atoms with Crippen LogP contribution in [-0.4, -0.2) is 0 Å². The van der Waals surface area contributed by atoms with Crippen LogP contribution in [0, 0.1) is 17.9 Å². The quantitative estimate of drug-likeness (QED) is 0.434. The molecule has 0 aliphatic rings. The Bertz CT molecular complexity index is 949. The Hall–Kier alpha value is -2.67. The van der Waals surface area contributed by atoms with Gasteiger partial charge in [0.2, 0.25) is 0 Å². The maximum absolute atomic E-state index is 13.4. The Balaban J connectivity index is 2.09. The molecule has 0 N–H and O–H groups in total. The van der Waals surface area contributed by atoms with Crippen molar-refractivity contribution in [3.05, 3.63) is 84.7 Å². The zero-order valence-electron chi connectivity index (χ0n) is 11.2. The van der Waals surface area contributed by atoms with Gasteiger partial charge in [0.05, 0.1) is 0 Å². The van der Waals surface area contributed by atoms with Gasteiger partial charge in [0.25, 0.3) is 0 Å². The highest BCUT2D eigenvalue weighted by Gasteiger charge is 2.08. The van der Waals surface area contributed by atoms with Crippen molar-refractivity contribution >= 4 is 21.5 Å². The van der Waals surface area contributed by atoms with E-state index in [-0.39, 0.29) is 5.82 Å². The maximum atomic E-state index is 13.4. The summed E-state index contributed by atoms with van der Waals surface area (Å²) in [6.45, 7) is 0. The summed E-state index contributed by atoms with van der Waals surface area (Å²) in [4.78, 5) is 0. The third-order valence-electron chi connectivity index (χ3n) is 3.74. The molecule has 0 saturated carbocycles. The van der Waals surface area contributed by atoms with E-state index in [1.54, 1.807) is 6.07 Å². The van der Waals surface area contributed by atoms with Crippen molar-refractivity contribution in [1.82, 2.24) is 0 Å². The predicted molar refractivity (Wildman–Crippen MR) is 84.5 cm³/mol. The minimum atomic E-state index is -0.221. The Labute approximate surface area is 122 Å². The van der Waals surface area contributed by atoms with Crippen molar-refractivity contribution in [2.75, 3.05) is 0 Å². The highest BCUT2D eigenvalue weighted by molar-refractivity contribution is 6.04. The molecule has 0 aromatic heterocycles. The van der Waals surface area contributed by atoms with E-state index in [4.69, 9.17) is 0 Å². The SMILES string of the molecule is Fc1ccc2c(-c3[c]ccc4ccccc34)[c]ccc2c1. The van der Waals surface area contributed by atoms with Gasteiger partial charge in [0.1, 0.15) is 5.82 Å². The van der Waals surface area contributed by atoms with Crippen LogP contribution in [0.25, 0.3) is 32.7 Å². The largest absolute Gasteiger partial charge is 0.207 e. The molecular formula is C20H11F. The van der Waals surface area contributed by atoms with Crippen molar-refractivity contribution in [3.8, 4) is 11.1 Å². The van der Waals surface area contributed by atoms with Crippen molar-refractivity contribution in [2.24, 2.45) is 0 Å². The number of hydrogen-bond donors (Lipinski definition) is 0. The van der Waals surface area contributed by atoms with Gasteiger partial charge in [-0.15, -0.1) is 0 Å². The Morgan fingerprint density at radius 2 is 1.33 bits per heavy atom. The monoisotopic (exact) mass is 270 g/mol. The number of rotatable bonds is 1. The summed E-state index contributed by atoms with van der Waals surface area (Å²) < 4.78 is 13.4. The van der Waals surface area contributed by atoms with Crippen LogP contribution in [0.3, 0.4) is 0 Å². The van der Waals surface area contributed by atoms with Crippen LogP contribution < -0.4 is 0 Å². The lowest BCUT2D eigenvalue weighted by atomic mass is 9.94. The average Bonchev–Trinajstić information content (AvgIpc) is 2.53. The van der Waals surface area contributed by atoms with Crippen LogP contribution in [-0.2, 0) is 0 Å². The summed E-state index contributed by atoms with van der Waals surface area (Å²) >= 11 is 0. The van der Waals surface area contributed by atoms with Crippen molar-refractivity contribution in [3.63, 3.8) is 0 Å². The Morgan fingerprint density at radius 1 is 0.667 bits per heavy atom. The van der Waals surface area contributed by atoms with E-state index >= 15 is 0 Å². The van der Waals surface area contributed by atoms with Crippen LogP contribution in [0.2, 0.25) is 0 Å². The third kappa shape index (κ3) is 1.98. The summed E-state index contributed by atoms with van der Waals surface area (Å²) in [7, 11) is 0. The first kappa shape index (κ1) is 12.1. The molecule has 0 nitrogen and oxygen atoms in total. The van der Waals surface area contributed by atoms with Gasteiger partial charge in [-0.1, -0.05) is 54.6 Å². The zero-order valence-corrected chi connectivity index (χ0v) is 11.2. The van der Waals surface area contributed by atoms with Crippen LogP contribution >= 0.6 is 0 Å². The average molecular weight is 270 g/mol. The van der Waals surface area contributed by atoms with E-state index < -0.39 is 0 Å². The fraction of sp³-hybridized carbons (Fsp3) is 0. The third-order valence-corrected chi connectivity index (χ3v) is 3.74. The second-order valence-corrected chi connectivity index (χ2v) is 5.02. The van der Waals surface area contributed by atoms with Gasteiger partial charge in [0.15, 0.2) is 0 Å². The topological polar surface area (TPSA) is 0 Å². The Kier molecular flexibility index (Phi) is 2.71. The molecule has 0 fully saturated rings. The zero-order chi connectivity index (χ0) is 14.2. The summed E-state index contributed by atoms with van der Waals surface area (Å²) in [6.07, 6.45) is 0. The van der Waals surface area contributed by atoms with Gasteiger partial charge in [-0.05, 0) is 56.9 Å². The molecular weight excluding hydrogens is 259 g/mol. The molecule has 0 aliphatic heterocycles. The van der Waals surface area contributed by atoms with Crippen molar-refractivity contribution < 1.29 is 4.39 Å². The van der Waals surface area contributed by atoms with Gasteiger partial charge < -0.3 is 0 Å². The summed E-state index contributed by atoms with van der Waals surface area (Å²) in [5.41, 5.74) is 1.97. The number of benzene rings is 4. The van der Waals surface area contributed by atoms with Crippen LogP contribution in [0.1, 0.15) is 0 Å². The highest BCUT2D eigenvalue weighted by Crippen LogP contribution is 2.33. The normalized spacial score (nSPS) is 11.1. The number of halogens is 1. The molecule has 0 unspecified atom stereocenters. The minimum Gasteiger partial charge on any atom is -0.207 e. The first-order valence-corrected chi connectivity index (χ1v) is 6.83. The lowest BCUT2D eigenvalue weighted by molar-refractivity contribution is 0.630. The molecule has 1 heteroatoms. The van der Waals surface area contributed by atoms with E-state index in [2.05, 4.69) is 24.3 Å². The minimum absolute atomic E-state index is 0.221. The standard InChI is InChI=1S/C20H11F/c21-16-11-12-18-15(13-16)7-4-10-20(18)19-9-3-6-14-5-1-2-8-17(14)19/h1-8,11-13H. The first-order valence-electron chi connectivity index (χ1n) is 6.83. The molecule has 0 bridgehead atoms. The summed E-state index contributed by atoms with van der Waals surface area (Å²) in [5, 5.41) is 4.17. The fourth-order valence-electron chi connectivity index (χ4n) is 2.77. The van der Waals surface area contributed by atoms with Gasteiger partial charge in [-0.3, -0.25) is 0 Å². The molecule has 0 amide bonds. The van der Waals surface area contributed by atoms with Gasteiger partial charge in [-0.25, -0.2) is 4.39 Å². The predicted octanol–water partition coefficient (Wildman–Crippen LogP) is 5.40. The van der Waals surface area contributed by atoms with Gasteiger partial charge in [-0.2, -0.15) is 0 Å². The second kappa shape index (κ2) is 4.71. The molecule has 4 rings (SSSR count). The van der Waals surface area contributed by atoms with E-state index in [1.165, 1.54) is 11.5 Å². The Morgan fingerprint density at radius 3 is 2.14 bits per heavy atom. The van der Waals surface area contributed by atoms with Gasteiger partial charge >= 0.3 is 0 Å². The molecule has 0 heterocycles. The summed E-state index contributed by atoms with van der Waals surface area (Å²) in [5.74, 6) is -0.221. The summed E-state index contributed by atoms with van der Waals surface area (Å²) in [6, 6.07) is 27.3. The molecule has 0 aliphatic carbocycles. The van der Waals surface area contributed by atoms with Crippen LogP contribution in [0.15, 0.2) is 66.7 Å².